The normalized spacial score (nSPS) is 19.9. The molecule has 0 radical (unpaired) electrons. The number of ether oxygens (including phenoxy) is 2. The van der Waals surface area contributed by atoms with Gasteiger partial charge in [0.25, 0.3) is 0 Å². The number of halogens is 1. The van der Waals surface area contributed by atoms with E-state index in [1.807, 2.05) is 18.2 Å². The van der Waals surface area contributed by atoms with Crippen LogP contribution in [0.5, 0.6) is 5.75 Å². The Morgan fingerprint density at radius 1 is 1.54 bits per heavy atom. The van der Waals surface area contributed by atoms with E-state index in [-0.39, 0.29) is 6.10 Å². The third-order valence-corrected chi connectivity index (χ3v) is 2.11. The first kappa shape index (κ1) is 8.56. The second-order valence-corrected chi connectivity index (χ2v) is 3.45. The van der Waals surface area contributed by atoms with Crippen molar-refractivity contribution >= 4 is 15.9 Å². The first-order valence-corrected chi connectivity index (χ1v) is 4.70. The highest BCUT2D eigenvalue weighted by Gasteiger charge is 2.11. The molecule has 0 unspecified atom stereocenters. The van der Waals surface area contributed by atoms with Gasteiger partial charge in [0, 0.05) is 0 Å². The fourth-order valence-electron chi connectivity index (χ4n) is 1.03. The molecule has 0 saturated heterocycles. The van der Waals surface area contributed by atoms with Gasteiger partial charge in [-0.2, -0.15) is 0 Å². The van der Waals surface area contributed by atoms with Crippen molar-refractivity contribution in [2.24, 2.45) is 0 Å². The van der Waals surface area contributed by atoms with Gasteiger partial charge in [-0.1, -0.05) is 0 Å². The van der Waals surface area contributed by atoms with E-state index in [4.69, 9.17) is 9.47 Å². The summed E-state index contributed by atoms with van der Waals surface area (Å²) in [5.74, 6) is 0.753. The van der Waals surface area contributed by atoms with Crippen molar-refractivity contribution < 1.29 is 9.47 Å². The number of rotatable bonds is 2. The molecule has 1 aliphatic rings. The summed E-state index contributed by atoms with van der Waals surface area (Å²) >= 11 is 3.25. The lowest BCUT2D eigenvalue weighted by Crippen LogP contribution is -2.15. The number of hydrogen-bond acceptors (Lipinski definition) is 3. The molecule has 0 amide bonds. The summed E-state index contributed by atoms with van der Waals surface area (Å²) in [5.41, 5.74) is 0. The SMILES string of the molecule is Brc1ccc(O[C@H]2C=COC2)cn1. The van der Waals surface area contributed by atoms with Gasteiger partial charge < -0.3 is 9.47 Å². The average molecular weight is 242 g/mol. The maximum Gasteiger partial charge on any atom is 0.154 e. The summed E-state index contributed by atoms with van der Waals surface area (Å²) in [7, 11) is 0. The minimum atomic E-state index is 0.0166. The molecule has 1 atom stereocenters. The fraction of sp³-hybridized carbons (Fsp3) is 0.222. The van der Waals surface area contributed by atoms with Crippen LogP contribution >= 0.6 is 15.9 Å². The molecule has 1 aromatic rings. The van der Waals surface area contributed by atoms with Crippen LogP contribution < -0.4 is 4.74 Å². The predicted octanol–water partition coefficient (Wildman–Crippen LogP) is 2.14. The molecule has 0 spiro atoms. The Morgan fingerprint density at radius 3 is 3.08 bits per heavy atom. The molecule has 1 aromatic heterocycles. The van der Waals surface area contributed by atoms with Gasteiger partial charge in [-0.25, -0.2) is 4.98 Å². The van der Waals surface area contributed by atoms with Crippen molar-refractivity contribution in [2.45, 2.75) is 6.10 Å². The average Bonchev–Trinajstić information content (AvgIpc) is 2.62. The lowest BCUT2D eigenvalue weighted by Gasteiger charge is -2.09. The van der Waals surface area contributed by atoms with Gasteiger partial charge in [-0.15, -0.1) is 0 Å². The number of hydrogen-bond donors (Lipinski definition) is 0. The van der Waals surface area contributed by atoms with Crippen LogP contribution in [0.1, 0.15) is 0 Å². The van der Waals surface area contributed by atoms with Crippen LogP contribution in [0.3, 0.4) is 0 Å². The van der Waals surface area contributed by atoms with E-state index in [1.165, 1.54) is 0 Å². The van der Waals surface area contributed by atoms with E-state index in [0.717, 1.165) is 10.4 Å². The van der Waals surface area contributed by atoms with Crippen molar-refractivity contribution in [3.8, 4) is 5.75 Å². The molecule has 0 saturated carbocycles. The van der Waals surface area contributed by atoms with Gasteiger partial charge >= 0.3 is 0 Å². The molecule has 0 aliphatic carbocycles. The molecule has 68 valence electrons. The van der Waals surface area contributed by atoms with Crippen LogP contribution in [0, 0.1) is 0 Å². The van der Waals surface area contributed by atoms with Crippen molar-refractivity contribution in [1.29, 1.82) is 0 Å². The van der Waals surface area contributed by atoms with E-state index in [9.17, 15) is 0 Å². The van der Waals surface area contributed by atoms with Gasteiger partial charge in [0.05, 0.1) is 12.5 Å². The van der Waals surface area contributed by atoms with Crippen LogP contribution in [-0.4, -0.2) is 17.7 Å². The van der Waals surface area contributed by atoms with E-state index in [0.29, 0.717) is 6.61 Å². The lowest BCUT2D eigenvalue weighted by atomic mass is 10.4. The number of pyridine rings is 1. The third kappa shape index (κ3) is 2.21. The second-order valence-electron chi connectivity index (χ2n) is 2.63. The van der Waals surface area contributed by atoms with E-state index in [1.54, 1.807) is 12.5 Å². The zero-order chi connectivity index (χ0) is 9.10. The van der Waals surface area contributed by atoms with Crippen molar-refractivity contribution in [2.75, 3.05) is 6.61 Å². The zero-order valence-electron chi connectivity index (χ0n) is 6.81. The Morgan fingerprint density at radius 2 is 2.46 bits per heavy atom. The summed E-state index contributed by atoms with van der Waals surface area (Å²) in [5, 5.41) is 0. The lowest BCUT2D eigenvalue weighted by molar-refractivity contribution is 0.164. The molecule has 13 heavy (non-hydrogen) atoms. The Bertz CT molecular complexity index is 310. The van der Waals surface area contributed by atoms with Gasteiger partial charge in [0.1, 0.15) is 17.0 Å². The quantitative estimate of drug-likeness (QED) is 0.744. The van der Waals surface area contributed by atoms with Gasteiger partial charge in [-0.3, -0.25) is 0 Å². The van der Waals surface area contributed by atoms with Gasteiger partial charge in [-0.05, 0) is 34.1 Å². The number of aromatic nitrogens is 1. The van der Waals surface area contributed by atoms with E-state index in [2.05, 4.69) is 20.9 Å². The zero-order valence-corrected chi connectivity index (χ0v) is 8.40. The van der Waals surface area contributed by atoms with E-state index < -0.39 is 0 Å². The molecule has 0 aromatic carbocycles. The Labute approximate surface area is 84.5 Å². The highest BCUT2D eigenvalue weighted by atomic mass is 79.9. The Kier molecular flexibility index (Phi) is 2.49. The molecule has 0 bridgehead atoms. The fourth-order valence-corrected chi connectivity index (χ4v) is 1.26. The van der Waals surface area contributed by atoms with Crippen molar-refractivity contribution in [1.82, 2.24) is 4.98 Å². The Balaban J connectivity index is 2.01. The molecule has 0 fully saturated rings. The smallest absolute Gasteiger partial charge is 0.154 e. The molecule has 2 rings (SSSR count). The number of nitrogens with zero attached hydrogens (tertiary/aromatic N) is 1. The van der Waals surface area contributed by atoms with E-state index >= 15 is 0 Å². The largest absolute Gasteiger partial charge is 0.497 e. The molecule has 3 nitrogen and oxygen atoms in total. The molecule has 4 heteroatoms. The minimum absolute atomic E-state index is 0.0166. The highest BCUT2D eigenvalue weighted by molar-refractivity contribution is 9.10. The molecule has 2 heterocycles. The third-order valence-electron chi connectivity index (χ3n) is 1.64. The maximum absolute atomic E-state index is 5.54. The van der Waals surface area contributed by atoms with Crippen molar-refractivity contribution in [3.63, 3.8) is 0 Å². The summed E-state index contributed by atoms with van der Waals surface area (Å²) < 4.78 is 11.4. The summed E-state index contributed by atoms with van der Waals surface area (Å²) in [6, 6.07) is 3.71. The Hall–Kier alpha value is -1.03. The second kappa shape index (κ2) is 3.79. The first-order chi connectivity index (χ1) is 6.34. The molecule has 0 N–H and O–H groups in total. The standard InChI is InChI=1S/C9H8BrNO2/c10-9-2-1-7(5-11-9)13-8-3-4-12-6-8/h1-5,8H,6H2/t8-/m0/s1. The van der Waals surface area contributed by atoms with Gasteiger partial charge in [0.2, 0.25) is 0 Å². The molecular weight excluding hydrogens is 234 g/mol. The van der Waals surface area contributed by atoms with Crippen LogP contribution in [0.25, 0.3) is 0 Å². The summed E-state index contributed by atoms with van der Waals surface area (Å²) in [6.07, 6.45) is 5.22. The van der Waals surface area contributed by atoms with Gasteiger partial charge in [0.15, 0.2) is 6.10 Å². The topological polar surface area (TPSA) is 31.4 Å². The minimum Gasteiger partial charge on any atom is -0.497 e. The highest BCUT2D eigenvalue weighted by Crippen LogP contribution is 2.16. The van der Waals surface area contributed by atoms with Crippen molar-refractivity contribution in [3.05, 3.63) is 35.3 Å². The van der Waals surface area contributed by atoms with Crippen LogP contribution in [0.15, 0.2) is 35.3 Å². The maximum atomic E-state index is 5.54. The predicted molar refractivity (Wildman–Crippen MR) is 51.4 cm³/mol. The monoisotopic (exact) mass is 241 g/mol. The summed E-state index contributed by atoms with van der Waals surface area (Å²) in [6.45, 7) is 0.579. The van der Waals surface area contributed by atoms with Crippen LogP contribution in [0.4, 0.5) is 0 Å². The summed E-state index contributed by atoms with van der Waals surface area (Å²) in [4.78, 5) is 4.05. The molecule has 1 aliphatic heterocycles. The first-order valence-electron chi connectivity index (χ1n) is 3.91. The van der Waals surface area contributed by atoms with Crippen LogP contribution in [0.2, 0.25) is 0 Å². The molecular formula is C9H8BrNO2. The van der Waals surface area contributed by atoms with Crippen LogP contribution in [-0.2, 0) is 4.74 Å².